The molecule has 1 N–H and O–H groups in total. The van der Waals surface area contributed by atoms with Gasteiger partial charge in [-0.05, 0) is 54.6 Å². The van der Waals surface area contributed by atoms with Crippen LogP contribution in [-0.2, 0) is 9.84 Å². The summed E-state index contributed by atoms with van der Waals surface area (Å²) in [5, 5.41) is 11.8. The lowest BCUT2D eigenvalue weighted by Gasteiger charge is -2.08. The van der Waals surface area contributed by atoms with Crippen LogP contribution >= 0.6 is 0 Å². The van der Waals surface area contributed by atoms with E-state index in [9.17, 15) is 8.42 Å². The van der Waals surface area contributed by atoms with Crippen LogP contribution < -0.4 is 5.32 Å². The molecule has 5 aromatic rings. The van der Waals surface area contributed by atoms with Gasteiger partial charge in [0.2, 0.25) is 27.6 Å². The number of aromatic nitrogens is 4. The molecule has 0 atom stereocenters. The summed E-state index contributed by atoms with van der Waals surface area (Å²) in [6.07, 6.45) is 1.70. The maximum absolute atomic E-state index is 12.7. The first-order chi connectivity index (χ1) is 15.5. The number of nitrogens with one attached hydrogen (secondary N) is 1. The van der Waals surface area contributed by atoms with Gasteiger partial charge in [0.25, 0.3) is 0 Å². The van der Waals surface area contributed by atoms with Crippen molar-refractivity contribution >= 4 is 32.4 Å². The fraction of sp³-hybridized carbons (Fsp3) is 0.0435. The van der Waals surface area contributed by atoms with Gasteiger partial charge in [0, 0.05) is 29.8 Å². The van der Waals surface area contributed by atoms with E-state index in [1.165, 1.54) is 0 Å². The average Bonchev–Trinajstić information content (AvgIpc) is 3.26. The molecular weight excluding hydrogens is 426 g/mol. The van der Waals surface area contributed by atoms with E-state index >= 15 is 0 Å². The molecule has 32 heavy (non-hydrogen) atoms. The summed E-state index contributed by atoms with van der Waals surface area (Å²) in [6, 6.07) is 20.4. The Morgan fingerprint density at radius 2 is 1.62 bits per heavy atom. The molecule has 0 aliphatic rings. The summed E-state index contributed by atoms with van der Waals surface area (Å²) in [5.74, 6) is 1.34. The highest BCUT2D eigenvalue weighted by Crippen LogP contribution is 2.25. The minimum atomic E-state index is -3.56. The van der Waals surface area contributed by atoms with Gasteiger partial charge in [0.05, 0.1) is 15.3 Å². The number of anilines is 2. The Labute approximate surface area is 183 Å². The smallest absolute Gasteiger partial charge is 0.247 e. The van der Waals surface area contributed by atoms with Crippen LogP contribution in [-0.4, -0.2) is 28.6 Å². The molecule has 0 aliphatic heterocycles. The maximum Gasteiger partial charge on any atom is 0.247 e. The molecule has 8 nitrogen and oxygen atoms in total. The molecule has 0 saturated heterocycles. The monoisotopic (exact) mass is 443 g/mol. The molecule has 2 heterocycles. The highest BCUT2D eigenvalue weighted by Gasteiger charge is 2.17. The van der Waals surface area contributed by atoms with Crippen LogP contribution in [0.2, 0.25) is 0 Å². The molecule has 0 saturated carbocycles. The van der Waals surface area contributed by atoms with Gasteiger partial charge in [-0.1, -0.05) is 18.2 Å². The van der Waals surface area contributed by atoms with Crippen LogP contribution in [0.5, 0.6) is 0 Å². The Morgan fingerprint density at radius 3 is 2.34 bits per heavy atom. The first-order valence-corrected chi connectivity index (χ1v) is 11.2. The summed E-state index contributed by atoms with van der Waals surface area (Å²) >= 11 is 0. The van der Waals surface area contributed by atoms with E-state index in [0.717, 1.165) is 16.5 Å². The van der Waals surface area contributed by atoms with Gasteiger partial charge in [-0.25, -0.2) is 18.4 Å². The highest BCUT2D eigenvalue weighted by atomic mass is 32.2. The van der Waals surface area contributed by atoms with Gasteiger partial charge in [-0.2, -0.15) is 0 Å². The molecule has 0 fully saturated rings. The summed E-state index contributed by atoms with van der Waals surface area (Å²) < 4.78 is 30.9. The lowest BCUT2D eigenvalue weighted by molar-refractivity contribution is 0.533. The van der Waals surface area contributed by atoms with Crippen molar-refractivity contribution in [1.29, 1.82) is 0 Å². The van der Waals surface area contributed by atoms with Crippen molar-refractivity contribution in [3.8, 4) is 11.5 Å². The van der Waals surface area contributed by atoms with Gasteiger partial charge in [-0.3, -0.25) is 0 Å². The minimum absolute atomic E-state index is 0.220. The molecule has 0 bridgehead atoms. The van der Waals surface area contributed by atoms with Gasteiger partial charge in [-0.15, -0.1) is 10.2 Å². The van der Waals surface area contributed by atoms with Crippen LogP contribution in [0.4, 0.5) is 11.6 Å². The van der Waals surface area contributed by atoms with Crippen molar-refractivity contribution in [3.63, 3.8) is 0 Å². The van der Waals surface area contributed by atoms with Gasteiger partial charge in [0.15, 0.2) is 0 Å². The van der Waals surface area contributed by atoms with Crippen LogP contribution in [0.1, 0.15) is 5.89 Å². The normalized spacial score (nSPS) is 11.5. The van der Waals surface area contributed by atoms with Crippen molar-refractivity contribution in [2.24, 2.45) is 0 Å². The first kappa shape index (κ1) is 19.8. The number of nitrogens with zero attached hydrogens (tertiary/aromatic N) is 4. The summed E-state index contributed by atoms with van der Waals surface area (Å²) in [4.78, 5) is 9.35. The number of hydrogen-bond donors (Lipinski definition) is 1. The zero-order valence-electron chi connectivity index (χ0n) is 16.9. The van der Waals surface area contributed by atoms with Gasteiger partial charge >= 0.3 is 0 Å². The predicted molar refractivity (Wildman–Crippen MR) is 119 cm³/mol. The molecule has 2 aromatic heterocycles. The number of aryl methyl sites for hydroxylation is 1. The number of sulfone groups is 1. The molecule has 5 rings (SSSR count). The molecule has 0 radical (unpaired) electrons. The minimum Gasteiger partial charge on any atom is -0.421 e. The third-order valence-corrected chi connectivity index (χ3v) is 6.61. The number of hydrogen-bond acceptors (Lipinski definition) is 8. The largest absolute Gasteiger partial charge is 0.421 e. The molecular formula is C23H17N5O3S. The van der Waals surface area contributed by atoms with Crippen LogP contribution in [0.15, 0.2) is 93.2 Å². The molecule has 9 heteroatoms. The second kappa shape index (κ2) is 7.86. The molecule has 0 spiro atoms. The van der Waals surface area contributed by atoms with Crippen LogP contribution in [0, 0.1) is 6.92 Å². The average molecular weight is 443 g/mol. The van der Waals surface area contributed by atoms with Gasteiger partial charge < -0.3 is 9.73 Å². The summed E-state index contributed by atoms with van der Waals surface area (Å²) in [6.45, 7) is 1.74. The van der Waals surface area contributed by atoms with Crippen molar-refractivity contribution in [3.05, 3.63) is 84.9 Å². The Balaban J connectivity index is 1.37. The van der Waals surface area contributed by atoms with Crippen molar-refractivity contribution in [2.45, 2.75) is 16.7 Å². The molecule has 0 aliphatic carbocycles. The molecule has 0 unspecified atom stereocenters. The third-order valence-electron chi connectivity index (χ3n) is 4.83. The quantitative estimate of drug-likeness (QED) is 0.421. The predicted octanol–water partition coefficient (Wildman–Crippen LogP) is 4.56. The van der Waals surface area contributed by atoms with Gasteiger partial charge in [0.1, 0.15) is 0 Å². The van der Waals surface area contributed by atoms with E-state index in [4.69, 9.17) is 4.42 Å². The first-order valence-electron chi connectivity index (χ1n) is 9.73. The van der Waals surface area contributed by atoms with E-state index in [0.29, 0.717) is 23.4 Å². The Bertz CT molecular complexity index is 1510. The Hall–Kier alpha value is -4.11. The zero-order valence-corrected chi connectivity index (χ0v) is 17.7. The van der Waals surface area contributed by atoms with Crippen LogP contribution in [0.3, 0.4) is 0 Å². The van der Waals surface area contributed by atoms with E-state index in [1.807, 2.05) is 18.2 Å². The zero-order chi connectivity index (χ0) is 22.1. The van der Waals surface area contributed by atoms with Crippen molar-refractivity contribution in [2.75, 3.05) is 5.32 Å². The second-order valence-corrected chi connectivity index (χ2v) is 9.01. The molecule has 3 aromatic carbocycles. The van der Waals surface area contributed by atoms with E-state index in [1.54, 1.807) is 67.7 Å². The van der Waals surface area contributed by atoms with E-state index in [-0.39, 0.29) is 9.79 Å². The number of benzene rings is 3. The van der Waals surface area contributed by atoms with Crippen molar-refractivity contribution < 1.29 is 12.8 Å². The van der Waals surface area contributed by atoms with E-state index < -0.39 is 9.84 Å². The third kappa shape index (κ3) is 3.81. The lowest BCUT2D eigenvalue weighted by Crippen LogP contribution is -2.02. The number of fused-ring (bicyclic) bond motifs is 1. The molecule has 0 amide bonds. The van der Waals surface area contributed by atoms with Crippen LogP contribution in [0.25, 0.3) is 22.4 Å². The topological polar surface area (TPSA) is 111 Å². The van der Waals surface area contributed by atoms with E-state index in [2.05, 4.69) is 25.5 Å². The summed E-state index contributed by atoms with van der Waals surface area (Å²) in [5.41, 5.74) is 2.21. The molecule has 158 valence electrons. The summed E-state index contributed by atoms with van der Waals surface area (Å²) in [7, 11) is -3.56. The standard InChI is InChI=1S/C23H17N5O3S/c1-15-27-28-22(31-15)16-7-12-21-17(13-16)14-24-23(26-21)25-18-8-10-20(11-9-18)32(29,30)19-5-3-2-4-6-19/h2-14H,1H3,(H,24,25,26). The SMILES string of the molecule is Cc1nnc(-c2ccc3nc(Nc4ccc(S(=O)(=O)c5ccccc5)cc4)ncc3c2)o1. The number of rotatable bonds is 5. The Kier molecular flexibility index (Phi) is 4.87. The lowest BCUT2D eigenvalue weighted by atomic mass is 10.1. The second-order valence-electron chi connectivity index (χ2n) is 7.06. The fourth-order valence-electron chi connectivity index (χ4n) is 3.22. The van der Waals surface area contributed by atoms with Crippen molar-refractivity contribution in [1.82, 2.24) is 20.2 Å². The maximum atomic E-state index is 12.7. The highest BCUT2D eigenvalue weighted by molar-refractivity contribution is 7.91. The fourth-order valence-corrected chi connectivity index (χ4v) is 4.50. The Morgan fingerprint density at radius 1 is 0.875 bits per heavy atom.